The first-order valence-corrected chi connectivity index (χ1v) is 9.08. The van der Waals surface area contributed by atoms with Crippen LogP contribution in [0.1, 0.15) is 53.4 Å². The highest BCUT2D eigenvalue weighted by atomic mass is 16.6. The monoisotopic (exact) mass is 348 g/mol. The van der Waals surface area contributed by atoms with Crippen LogP contribution >= 0.6 is 0 Å². The van der Waals surface area contributed by atoms with Gasteiger partial charge >= 0.3 is 11.9 Å². The molecule has 1 saturated heterocycles. The average molecular weight is 348 g/mol. The van der Waals surface area contributed by atoms with Crippen molar-refractivity contribution < 1.29 is 24.2 Å². The summed E-state index contributed by atoms with van der Waals surface area (Å²) in [4.78, 5) is 24.9. The molecule has 0 amide bonds. The molecule has 5 nitrogen and oxygen atoms in total. The van der Waals surface area contributed by atoms with E-state index in [1.165, 1.54) is 0 Å². The van der Waals surface area contributed by atoms with E-state index in [0.717, 1.165) is 18.4 Å². The number of esters is 2. The van der Waals surface area contributed by atoms with E-state index in [4.69, 9.17) is 9.47 Å². The van der Waals surface area contributed by atoms with Gasteiger partial charge in [-0.2, -0.15) is 0 Å². The standard InChI is InChI=1S/C20H28O5/c1-6-11(2)17(22)25-20(5)13-9-10-19(4)14(21)8-7-12(3)15(19)16(13)24-18(20)23/h6,13-16,21H,3,7-10H2,1-2,4-5H3/b11-6-/t13-,14-,15+,16-,19-,20+/m1/s1. The van der Waals surface area contributed by atoms with Crippen LogP contribution in [0.5, 0.6) is 0 Å². The van der Waals surface area contributed by atoms with Crippen molar-refractivity contribution in [1.29, 1.82) is 0 Å². The fraction of sp³-hybridized carbons (Fsp3) is 0.700. The van der Waals surface area contributed by atoms with E-state index >= 15 is 0 Å². The van der Waals surface area contributed by atoms with Crippen LogP contribution in [0.15, 0.2) is 23.8 Å². The minimum atomic E-state index is -1.28. The molecule has 0 aromatic carbocycles. The van der Waals surface area contributed by atoms with Crippen LogP contribution in [0, 0.1) is 17.3 Å². The van der Waals surface area contributed by atoms with Gasteiger partial charge in [0.1, 0.15) is 6.10 Å². The van der Waals surface area contributed by atoms with E-state index in [9.17, 15) is 14.7 Å². The van der Waals surface area contributed by atoms with Crippen LogP contribution in [-0.4, -0.2) is 34.9 Å². The molecule has 3 aliphatic rings. The number of ether oxygens (including phenoxy) is 2. The molecule has 0 aromatic heterocycles. The zero-order valence-corrected chi connectivity index (χ0v) is 15.5. The van der Waals surface area contributed by atoms with Gasteiger partial charge in [-0.25, -0.2) is 9.59 Å². The molecule has 3 fully saturated rings. The number of fused-ring (bicyclic) bond motifs is 3. The first-order valence-electron chi connectivity index (χ1n) is 9.08. The Hall–Kier alpha value is -1.62. The third-order valence-electron chi connectivity index (χ3n) is 6.79. The highest BCUT2D eigenvalue weighted by Gasteiger charge is 2.65. The second-order valence-electron chi connectivity index (χ2n) is 8.18. The number of carbonyl (C=O) groups excluding carboxylic acids is 2. The molecule has 1 aliphatic heterocycles. The normalized spacial score (nSPS) is 44.0. The molecule has 5 heteroatoms. The summed E-state index contributed by atoms with van der Waals surface area (Å²) in [6, 6.07) is 0. The lowest BCUT2D eigenvalue weighted by Crippen LogP contribution is -2.55. The van der Waals surface area contributed by atoms with Crippen LogP contribution in [0.3, 0.4) is 0 Å². The van der Waals surface area contributed by atoms with Gasteiger partial charge in [0, 0.05) is 22.8 Å². The highest BCUT2D eigenvalue weighted by Crippen LogP contribution is 2.58. The van der Waals surface area contributed by atoms with E-state index in [2.05, 4.69) is 13.5 Å². The number of rotatable bonds is 2. The molecule has 0 aromatic rings. The van der Waals surface area contributed by atoms with Crippen molar-refractivity contribution in [2.45, 2.75) is 71.2 Å². The van der Waals surface area contributed by atoms with Crippen molar-refractivity contribution in [3.63, 3.8) is 0 Å². The van der Waals surface area contributed by atoms with Crippen LogP contribution in [0.4, 0.5) is 0 Å². The molecular weight excluding hydrogens is 320 g/mol. The lowest BCUT2D eigenvalue weighted by atomic mass is 9.53. The number of aliphatic hydroxyl groups excluding tert-OH is 1. The first kappa shape index (κ1) is 18.2. The van der Waals surface area contributed by atoms with Crippen molar-refractivity contribution in [3.05, 3.63) is 23.8 Å². The maximum absolute atomic E-state index is 12.7. The average Bonchev–Trinajstić information content (AvgIpc) is 2.80. The Morgan fingerprint density at radius 2 is 2.08 bits per heavy atom. The third kappa shape index (κ3) is 2.55. The summed E-state index contributed by atoms with van der Waals surface area (Å²) in [5.41, 5.74) is -0.132. The van der Waals surface area contributed by atoms with Gasteiger partial charge in [-0.1, -0.05) is 25.2 Å². The fourth-order valence-corrected chi connectivity index (χ4v) is 4.91. The van der Waals surface area contributed by atoms with Gasteiger partial charge in [0.25, 0.3) is 0 Å². The molecule has 1 N–H and O–H groups in total. The number of allylic oxidation sites excluding steroid dienone is 1. The summed E-state index contributed by atoms with van der Waals surface area (Å²) in [5.74, 6) is -1.29. The Kier molecular flexibility index (Phi) is 4.34. The molecule has 0 spiro atoms. The van der Waals surface area contributed by atoms with Gasteiger partial charge in [-0.3, -0.25) is 0 Å². The minimum absolute atomic E-state index is 0.0951. The minimum Gasteiger partial charge on any atom is -0.458 e. The Balaban J connectivity index is 1.92. The Bertz CT molecular complexity index is 650. The lowest BCUT2D eigenvalue weighted by molar-refractivity contribution is -0.170. The van der Waals surface area contributed by atoms with E-state index in [1.54, 1.807) is 26.8 Å². The molecule has 2 aliphatic carbocycles. The number of hydrogen-bond acceptors (Lipinski definition) is 5. The Morgan fingerprint density at radius 1 is 1.40 bits per heavy atom. The van der Waals surface area contributed by atoms with Crippen molar-refractivity contribution in [3.8, 4) is 0 Å². The molecule has 0 radical (unpaired) electrons. The van der Waals surface area contributed by atoms with E-state index in [0.29, 0.717) is 18.4 Å². The Labute approximate surface area is 149 Å². The summed E-state index contributed by atoms with van der Waals surface area (Å²) < 4.78 is 11.4. The number of hydrogen-bond donors (Lipinski definition) is 1. The molecule has 138 valence electrons. The van der Waals surface area contributed by atoms with Gasteiger partial charge in [0.15, 0.2) is 0 Å². The zero-order valence-electron chi connectivity index (χ0n) is 15.5. The number of carbonyl (C=O) groups is 2. The smallest absolute Gasteiger partial charge is 0.351 e. The predicted octanol–water partition coefficient (Wildman–Crippen LogP) is 2.92. The molecule has 3 rings (SSSR count). The summed E-state index contributed by atoms with van der Waals surface area (Å²) in [7, 11) is 0. The third-order valence-corrected chi connectivity index (χ3v) is 6.79. The summed E-state index contributed by atoms with van der Waals surface area (Å²) in [6.45, 7) is 11.3. The fourth-order valence-electron chi connectivity index (χ4n) is 4.91. The topological polar surface area (TPSA) is 72.8 Å². The number of aliphatic hydroxyl groups is 1. The van der Waals surface area contributed by atoms with Gasteiger partial charge in [-0.15, -0.1) is 0 Å². The van der Waals surface area contributed by atoms with E-state index in [-0.39, 0.29) is 17.3 Å². The largest absolute Gasteiger partial charge is 0.458 e. The summed E-state index contributed by atoms with van der Waals surface area (Å²) >= 11 is 0. The SMILES string of the molecule is C=C1CC[C@@H](O)[C@@]2(C)CC[C@@H]3[C@@H](OC(=O)[C@@]3(C)OC(=O)/C(C)=C\C)[C@H]12. The van der Waals surface area contributed by atoms with Gasteiger partial charge in [0.05, 0.1) is 6.10 Å². The molecule has 2 saturated carbocycles. The molecule has 1 heterocycles. The van der Waals surface area contributed by atoms with Crippen LogP contribution in [0.2, 0.25) is 0 Å². The van der Waals surface area contributed by atoms with Gasteiger partial charge in [-0.05, 0) is 46.5 Å². The predicted molar refractivity (Wildman–Crippen MR) is 92.5 cm³/mol. The lowest BCUT2D eigenvalue weighted by Gasteiger charge is -2.53. The molecule has 0 bridgehead atoms. The van der Waals surface area contributed by atoms with E-state index in [1.807, 2.05) is 0 Å². The van der Waals surface area contributed by atoms with Crippen LogP contribution in [-0.2, 0) is 19.1 Å². The second kappa shape index (κ2) is 5.97. The van der Waals surface area contributed by atoms with Crippen molar-refractivity contribution in [2.75, 3.05) is 0 Å². The molecular formula is C20H28O5. The van der Waals surface area contributed by atoms with Crippen molar-refractivity contribution in [2.24, 2.45) is 17.3 Å². The van der Waals surface area contributed by atoms with E-state index < -0.39 is 29.7 Å². The molecule has 25 heavy (non-hydrogen) atoms. The second-order valence-corrected chi connectivity index (χ2v) is 8.18. The summed E-state index contributed by atoms with van der Waals surface area (Å²) in [5, 5.41) is 10.6. The molecule has 0 unspecified atom stereocenters. The van der Waals surface area contributed by atoms with Gasteiger partial charge in [0.2, 0.25) is 5.60 Å². The maximum atomic E-state index is 12.7. The maximum Gasteiger partial charge on any atom is 0.351 e. The van der Waals surface area contributed by atoms with Gasteiger partial charge < -0.3 is 14.6 Å². The molecule has 6 atom stereocenters. The van der Waals surface area contributed by atoms with Crippen molar-refractivity contribution in [1.82, 2.24) is 0 Å². The Morgan fingerprint density at radius 3 is 2.72 bits per heavy atom. The first-order chi connectivity index (χ1) is 11.6. The van der Waals surface area contributed by atoms with Crippen molar-refractivity contribution >= 4 is 11.9 Å². The quantitative estimate of drug-likeness (QED) is 0.472. The highest BCUT2D eigenvalue weighted by molar-refractivity contribution is 5.92. The van der Waals surface area contributed by atoms with Crippen LogP contribution < -0.4 is 0 Å². The summed E-state index contributed by atoms with van der Waals surface area (Å²) in [6.07, 6.45) is 3.71. The van der Waals surface area contributed by atoms with Crippen LogP contribution in [0.25, 0.3) is 0 Å². The zero-order chi connectivity index (χ0) is 18.6.